The maximum Gasteiger partial charge on any atom is 0.317 e. The van der Waals surface area contributed by atoms with E-state index >= 15 is 0 Å². The van der Waals surface area contributed by atoms with Gasteiger partial charge in [0.15, 0.2) is 5.78 Å². The molecule has 0 aliphatic heterocycles. The van der Waals surface area contributed by atoms with Crippen molar-refractivity contribution in [2.24, 2.45) is 11.8 Å². The molecule has 0 aromatic carbocycles. The zero-order valence-electron chi connectivity index (χ0n) is 13.3. The molecule has 0 spiro atoms. The quantitative estimate of drug-likeness (QED) is 0.689. The minimum Gasteiger partial charge on any atom is -0.338 e. The summed E-state index contributed by atoms with van der Waals surface area (Å²) < 4.78 is 0. The molecular weight excluding hydrogens is 240 g/mol. The highest BCUT2D eigenvalue weighted by atomic mass is 16.2. The minimum atomic E-state index is -0.318. The van der Waals surface area contributed by atoms with Crippen molar-refractivity contribution in [1.82, 2.24) is 10.2 Å². The summed E-state index contributed by atoms with van der Waals surface area (Å²) in [5.74, 6) is 0.482. The number of hydrogen-bond donors (Lipinski definition) is 1. The summed E-state index contributed by atoms with van der Waals surface area (Å²) in [7, 11) is 1.72. The normalized spacial score (nSPS) is 12.6. The number of amides is 2. The third kappa shape index (κ3) is 6.60. The molecule has 1 N–H and O–H groups in total. The van der Waals surface area contributed by atoms with E-state index in [4.69, 9.17) is 0 Å². The van der Waals surface area contributed by atoms with Gasteiger partial charge in [-0.15, -0.1) is 0 Å². The Labute approximate surface area is 117 Å². The van der Waals surface area contributed by atoms with E-state index in [0.29, 0.717) is 18.9 Å². The largest absolute Gasteiger partial charge is 0.338 e. The lowest BCUT2D eigenvalue weighted by molar-refractivity contribution is -0.126. The SMILES string of the molecule is CCCCNC(=O)N(C)[C@H](CC(C)C)C(=O)C(C)C. The summed E-state index contributed by atoms with van der Waals surface area (Å²) in [6, 6.07) is -0.463. The number of nitrogens with zero attached hydrogens (tertiary/aromatic N) is 1. The zero-order valence-corrected chi connectivity index (χ0v) is 13.3. The highest BCUT2D eigenvalue weighted by molar-refractivity contribution is 5.89. The molecule has 2 amide bonds. The average molecular weight is 270 g/mol. The van der Waals surface area contributed by atoms with Crippen LogP contribution in [0, 0.1) is 11.8 Å². The maximum absolute atomic E-state index is 12.2. The number of ketones is 1. The molecular formula is C15H30N2O2. The standard InChI is InChI=1S/C15H30N2O2/c1-7-8-9-16-15(19)17(6)13(10-11(2)3)14(18)12(4)5/h11-13H,7-10H2,1-6H3,(H,16,19)/t13-/m1/s1. The lowest BCUT2D eigenvalue weighted by Gasteiger charge is -2.29. The van der Waals surface area contributed by atoms with Gasteiger partial charge in [-0.25, -0.2) is 4.79 Å². The van der Waals surface area contributed by atoms with Gasteiger partial charge >= 0.3 is 6.03 Å². The number of likely N-dealkylation sites (N-methyl/N-ethyl adjacent to an activating group) is 1. The zero-order chi connectivity index (χ0) is 15.0. The van der Waals surface area contributed by atoms with Crippen molar-refractivity contribution in [2.75, 3.05) is 13.6 Å². The number of nitrogens with one attached hydrogen (secondary N) is 1. The molecule has 0 unspecified atom stereocenters. The molecule has 0 saturated carbocycles. The molecule has 1 atom stereocenters. The molecule has 0 heterocycles. The fraction of sp³-hybridized carbons (Fsp3) is 0.867. The van der Waals surface area contributed by atoms with Crippen LogP contribution in [0.2, 0.25) is 0 Å². The van der Waals surface area contributed by atoms with Gasteiger partial charge < -0.3 is 10.2 Å². The second-order valence-electron chi connectivity index (χ2n) is 5.90. The molecule has 0 saturated heterocycles. The first kappa shape index (κ1) is 17.9. The number of rotatable bonds is 8. The van der Waals surface area contributed by atoms with Crippen molar-refractivity contribution in [3.63, 3.8) is 0 Å². The molecule has 0 radical (unpaired) electrons. The molecule has 4 nitrogen and oxygen atoms in total. The Kier molecular flexibility index (Phi) is 8.44. The number of carbonyl (C=O) groups excluding carboxylic acids is 2. The summed E-state index contributed by atoms with van der Waals surface area (Å²) in [5, 5.41) is 2.87. The van der Waals surface area contributed by atoms with E-state index in [2.05, 4.69) is 26.1 Å². The Balaban J connectivity index is 4.65. The third-order valence-corrected chi connectivity index (χ3v) is 3.19. The lowest BCUT2D eigenvalue weighted by atomic mass is 9.93. The number of hydrogen-bond acceptors (Lipinski definition) is 2. The second kappa shape index (κ2) is 8.94. The summed E-state index contributed by atoms with van der Waals surface area (Å²) >= 11 is 0. The van der Waals surface area contributed by atoms with Gasteiger partial charge in [-0.3, -0.25) is 4.79 Å². The summed E-state index contributed by atoms with van der Waals surface area (Å²) in [4.78, 5) is 25.8. The Bertz CT molecular complexity index is 288. The van der Waals surface area contributed by atoms with Gasteiger partial charge in [-0.1, -0.05) is 41.0 Å². The van der Waals surface area contributed by atoms with Crippen molar-refractivity contribution >= 4 is 11.8 Å². The van der Waals surface area contributed by atoms with Crippen molar-refractivity contribution < 1.29 is 9.59 Å². The van der Waals surface area contributed by atoms with Gasteiger partial charge in [0, 0.05) is 19.5 Å². The van der Waals surface area contributed by atoms with E-state index in [0.717, 1.165) is 12.8 Å². The van der Waals surface area contributed by atoms with Crippen LogP contribution in [-0.2, 0) is 4.79 Å². The molecule has 0 bridgehead atoms. The first-order chi connectivity index (χ1) is 8.81. The average Bonchev–Trinajstić information content (AvgIpc) is 2.34. The monoisotopic (exact) mass is 270 g/mol. The van der Waals surface area contributed by atoms with Crippen LogP contribution in [-0.4, -0.2) is 36.3 Å². The van der Waals surface area contributed by atoms with Crippen LogP contribution < -0.4 is 5.32 Å². The predicted octanol–water partition coefficient (Wildman–Crippen LogP) is 3.07. The van der Waals surface area contributed by atoms with Gasteiger partial charge in [0.25, 0.3) is 0 Å². The predicted molar refractivity (Wildman–Crippen MR) is 79.2 cm³/mol. The van der Waals surface area contributed by atoms with Crippen LogP contribution in [0.5, 0.6) is 0 Å². The molecule has 112 valence electrons. The first-order valence-corrected chi connectivity index (χ1v) is 7.35. The maximum atomic E-state index is 12.2. The third-order valence-electron chi connectivity index (χ3n) is 3.19. The fourth-order valence-electron chi connectivity index (χ4n) is 1.93. The van der Waals surface area contributed by atoms with E-state index < -0.39 is 0 Å². The van der Waals surface area contributed by atoms with Gasteiger partial charge in [0.2, 0.25) is 0 Å². The van der Waals surface area contributed by atoms with E-state index in [-0.39, 0.29) is 23.8 Å². The van der Waals surface area contributed by atoms with Crippen LogP contribution >= 0.6 is 0 Å². The van der Waals surface area contributed by atoms with Gasteiger partial charge in [0.1, 0.15) is 0 Å². The van der Waals surface area contributed by atoms with Gasteiger partial charge in [0.05, 0.1) is 6.04 Å². The van der Waals surface area contributed by atoms with Crippen LogP contribution in [0.1, 0.15) is 53.9 Å². The minimum absolute atomic E-state index is 0.0466. The molecule has 0 aliphatic rings. The van der Waals surface area contributed by atoms with Crippen molar-refractivity contribution in [2.45, 2.75) is 59.9 Å². The van der Waals surface area contributed by atoms with E-state index in [1.54, 1.807) is 11.9 Å². The Morgan fingerprint density at radius 1 is 1.16 bits per heavy atom. The number of Topliss-reactive ketones (excluding diaryl/α,β-unsaturated/α-hetero) is 1. The Morgan fingerprint density at radius 2 is 1.74 bits per heavy atom. The molecule has 0 rings (SSSR count). The summed E-state index contributed by atoms with van der Waals surface area (Å²) in [6.07, 6.45) is 2.73. The van der Waals surface area contributed by atoms with Crippen LogP contribution in [0.3, 0.4) is 0 Å². The van der Waals surface area contributed by atoms with E-state index in [1.165, 1.54) is 0 Å². The molecule has 0 fully saturated rings. The molecule has 0 aromatic heterocycles. The second-order valence-corrected chi connectivity index (χ2v) is 5.90. The van der Waals surface area contributed by atoms with E-state index in [1.807, 2.05) is 13.8 Å². The lowest BCUT2D eigenvalue weighted by Crippen LogP contribution is -2.49. The Hall–Kier alpha value is -1.06. The fourth-order valence-corrected chi connectivity index (χ4v) is 1.93. The van der Waals surface area contributed by atoms with Gasteiger partial charge in [-0.2, -0.15) is 0 Å². The highest BCUT2D eigenvalue weighted by Gasteiger charge is 2.28. The van der Waals surface area contributed by atoms with Crippen LogP contribution in [0.15, 0.2) is 0 Å². The molecule has 0 aromatic rings. The topological polar surface area (TPSA) is 49.4 Å². The summed E-state index contributed by atoms with van der Waals surface area (Å²) in [6.45, 7) is 10.7. The van der Waals surface area contributed by atoms with E-state index in [9.17, 15) is 9.59 Å². The smallest absolute Gasteiger partial charge is 0.317 e. The number of unbranched alkanes of at least 4 members (excludes halogenated alkanes) is 1. The molecule has 4 heteroatoms. The van der Waals surface area contributed by atoms with Crippen molar-refractivity contribution in [3.05, 3.63) is 0 Å². The van der Waals surface area contributed by atoms with Crippen LogP contribution in [0.4, 0.5) is 4.79 Å². The summed E-state index contributed by atoms with van der Waals surface area (Å²) in [5.41, 5.74) is 0. The van der Waals surface area contributed by atoms with Crippen LogP contribution in [0.25, 0.3) is 0 Å². The van der Waals surface area contributed by atoms with Gasteiger partial charge in [-0.05, 0) is 18.8 Å². The number of carbonyl (C=O) groups is 2. The van der Waals surface area contributed by atoms with Crippen molar-refractivity contribution in [3.8, 4) is 0 Å². The first-order valence-electron chi connectivity index (χ1n) is 7.35. The van der Waals surface area contributed by atoms with Crippen molar-refractivity contribution in [1.29, 1.82) is 0 Å². The molecule has 0 aliphatic carbocycles. The molecule has 19 heavy (non-hydrogen) atoms. The Morgan fingerprint density at radius 3 is 2.16 bits per heavy atom. The number of urea groups is 1. The highest BCUT2D eigenvalue weighted by Crippen LogP contribution is 2.15.